The Bertz CT molecular complexity index is 223. The molecule has 0 heterocycles. The van der Waals surface area contributed by atoms with Gasteiger partial charge in [0.15, 0.2) is 5.78 Å². The molecule has 1 rings (SSSR count). The summed E-state index contributed by atoms with van der Waals surface area (Å²) in [6.45, 7) is 8.29. The van der Waals surface area contributed by atoms with Crippen molar-refractivity contribution in [1.82, 2.24) is 0 Å². The van der Waals surface area contributed by atoms with E-state index in [0.29, 0.717) is 5.92 Å². The van der Waals surface area contributed by atoms with Crippen molar-refractivity contribution >= 4 is 5.78 Å². The molecule has 0 aromatic carbocycles. The second-order valence-electron chi connectivity index (χ2n) is 4.73. The molecule has 0 radical (unpaired) electrons. The highest BCUT2D eigenvalue weighted by Gasteiger charge is 2.26. The summed E-state index contributed by atoms with van der Waals surface area (Å²) in [5.74, 6) is 0.901. The Hall–Kier alpha value is -0.590. The van der Waals surface area contributed by atoms with Crippen molar-refractivity contribution in [2.45, 2.75) is 40.5 Å². The van der Waals surface area contributed by atoms with E-state index in [1.165, 1.54) is 6.42 Å². The average molecular weight is 166 g/mol. The lowest BCUT2D eigenvalue weighted by atomic mass is 9.74. The number of Topliss-reactive ketones (excluding diaryl/α,β-unsaturated/α-hetero) is 1. The minimum atomic E-state index is 0.221. The molecule has 0 saturated carbocycles. The third-order valence-electron chi connectivity index (χ3n) is 2.46. The maximum absolute atomic E-state index is 11.2. The average Bonchev–Trinajstić information content (AvgIpc) is 1.82. The van der Waals surface area contributed by atoms with E-state index in [9.17, 15) is 4.79 Å². The van der Waals surface area contributed by atoms with Crippen LogP contribution in [0.5, 0.6) is 0 Å². The molecule has 0 saturated heterocycles. The maximum Gasteiger partial charge on any atom is 0.155 e. The van der Waals surface area contributed by atoms with Crippen molar-refractivity contribution in [2.24, 2.45) is 11.3 Å². The summed E-state index contributed by atoms with van der Waals surface area (Å²) >= 11 is 0. The number of rotatable bonds is 1. The molecule has 1 unspecified atom stereocenters. The highest BCUT2D eigenvalue weighted by molar-refractivity contribution is 5.93. The second-order valence-corrected chi connectivity index (χ2v) is 4.73. The van der Waals surface area contributed by atoms with Crippen molar-refractivity contribution in [1.29, 1.82) is 0 Å². The Balaban J connectivity index is 2.88. The number of allylic oxidation sites excluding steroid dienone is 2. The Labute approximate surface area is 74.9 Å². The summed E-state index contributed by atoms with van der Waals surface area (Å²) in [7, 11) is 0. The lowest BCUT2D eigenvalue weighted by Crippen LogP contribution is -2.21. The van der Waals surface area contributed by atoms with Crippen LogP contribution in [0.4, 0.5) is 0 Å². The van der Waals surface area contributed by atoms with Gasteiger partial charge in [0.05, 0.1) is 0 Å². The summed E-state index contributed by atoms with van der Waals surface area (Å²) in [4.78, 5) is 11.2. The van der Waals surface area contributed by atoms with Crippen LogP contribution in [0, 0.1) is 11.3 Å². The first-order valence-corrected chi connectivity index (χ1v) is 4.63. The van der Waals surface area contributed by atoms with Gasteiger partial charge in [0.2, 0.25) is 0 Å². The van der Waals surface area contributed by atoms with E-state index in [2.05, 4.69) is 26.8 Å². The van der Waals surface area contributed by atoms with Crippen molar-refractivity contribution in [3.05, 3.63) is 11.6 Å². The lowest BCUT2D eigenvalue weighted by Gasteiger charge is -2.31. The number of ketones is 1. The highest BCUT2D eigenvalue weighted by Crippen LogP contribution is 2.36. The number of carbonyl (C=O) groups is 1. The van der Waals surface area contributed by atoms with Gasteiger partial charge in [-0.3, -0.25) is 4.79 Å². The first-order chi connectivity index (χ1) is 5.41. The zero-order valence-electron chi connectivity index (χ0n) is 8.48. The predicted octanol–water partition coefficient (Wildman–Crippen LogP) is 2.96. The monoisotopic (exact) mass is 166 g/mol. The fourth-order valence-corrected chi connectivity index (χ4v) is 2.18. The van der Waals surface area contributed by atoms with E-state index in [-0.39, 0.29) is 11.2 Å². The molecule has 0 spiro atoms. The summed E-state index contributed by atoms with van der Waals surface area (Å²) in [5, 5.41) is 0. The minimum absolute atomic E-state index is 0.221. The van der Waals surface area contributed by atoms with Crippen LogP contribution in [0.15, 0.2) is 11.6 Å². The van der Waals surface area contributed by atoms with Gasteiger partial charge >= 0.3 is 0 Å². The number of carbonyl (C=O) groups excluding carboxylic acids is 1. The van der Waals surface area contributed by atoms with E-state index in [0.717, 1.165) is 12.0 Å². The zero-order chi connectivity index (χ0) is 9.35. The van der Waals surface area contributed by atoms with Gasteiger partial charge in [-0.25, -0.2) is 0 Å². The van der Waals surface area contributed by atoms with Crippen molar-refractivity contribution in [3.8, 4) is 0 Å². The van der Waals surface area contributed by atoms with Gasteiger partial charge in [-0.15, -0.1) is 0 Å². The first kappa shape index (κ1) is 9.50. The van der Waals surface area contributed by atoms with Gasteiger partial charge in [0.1, 0.15) is 0 Å². The summed E-state index contributed by atoms with van der Waals surface area (Å²) < 4.78 is 0. The van der Waals surface area contributed by atoms with E-state index in [1.54, 1.807) is 6.92 Å². The Kier molecular flexibility index (Phi) is 2.41. The fourth-order valence-electron chi connectivity index (χ4n) is 2.18. The molecule has 1 atom stereocenters. The molecule has 1 aliphatic carbocycles. The van der Waals surface area contributed by atoms with Crippen LogP contribution < -0.4 is 0 Å². The lowest BCUT2D eigenvalue weighted by molar-refractivity contribution is -0.114. The molecular formula is C11H18O. The number of hydrogen-bond donors (Lipinski definition) is 0. The van der Waals surface area contributed by atoms with Crippen LogP contribution in [-0.4, -0.2) is 5.78 Å². The first-order valence-electron chi connectivity index (χ1n) is 4.63. The van der Waals surface area contributed by atoms with Crippen LogP contribution >= 0.6 is 0 Å². The molecule has 68 valence electrons. The molecule has 0 N–H and O–H groups in total. The van der Waals surface area contributed by atoms with Crippen LogP contribution in [0.3, 0.4) is 0 Å². The standard InChI is InChI=1S/C11H18O/c1-8-5-10(9(2)12)7-11(3,4)6-8/h7-8H,5-6H2,1-4H3. The SMILES string of the molecule is CC(=O)C1=CC(C)(C)CC(C)C1. The second kappa shape index (κ2) is 3.04. The Morgan fingerprint density at radius 2 is 2.17 bits per heavy atom. The predicted molar refractivity (Wildman–Crippen MR) is 50.9 cm³/mol. The molecule has 0 fully saturated rings. The summed E-state index contributed by atoms with van der Waals surface area (Å²) in [6.07, 6.45) is 4.32. The minimum Gasteiger partial charge on any atom is -0.295 e. The van der Waals surface area contributed by atoms with E-state index in [4.69, 9.17) is 0 Å². The quantitative estimate of drug-likeness (QED) is 0.585. The molecule has 1 nitrogen and oxygen atoms in total. The topological polar surface area (TPSA) is 17.1 Å². The van der Waals surface area contributed by atoms with Gasteiger partial charge in [-0.05, 0) is 36.7 Å². The molecule has 1 heteroatoms. The molecule has 0 aromatic rings. The third-order valence-corrected chi connectivity index (χ3v) is 2.46. The molecule has 0 aromatic heterocycles. The summed E-state index contributed by atoms with van der Waals surface area (Å²) in [5.41, 5.74) is 1.25. The maximum atomic E-state index is 11.2. The fraction of sp³-hybridized carbons (Fsp3) is 0.727. The van der Waals surface area contributed by atoms with E-state index in [1.807, 2.05) is 0 Å². The summed E-state index contributed by atoms with van der Waals surface area (Å²) in [6, 6.07) is 0. The van der Waals surface area contributed by atoms with Crippen molar-refractivity contribution in [2.75, 3.05) is 0 Å². The normalized spacial score (nSPS) is 28.0. The molecule has 0 aliphatic heterocycles. The molecule has 0 bridgehead atoms. The van der Waals surface area contributed by atoms with Crippen LogP contribution in [0.25, 0.3) is 0 Å². The highest BCUT2D eigenvalue weighted by atomic mass is 16.1. The van der Waals surface area contributed by atoms with Gasteiger partial charge in [0.25, 0.3) is 0 Å². The Morgan fingerprint density at radius 1 is 1.58 bits per heavy atom. The molecular weight excluding hydrogens is 148 g/mol. The van der Waals surface area contributed by atoms with E-state index < -0.39 is 0 Å². The van der Waals surface area contributed by atoms with Crippen LogP contribution in [-0.2, 0) is 4.79 Å². The largest absolute Gasteiger partial charge is 0.295 e. The third kappa shape index (κ3) is 2.20. The van der Waals surface area contributed by atoms with Crippen LogP contribution in [0.2, 0.25) is 0 Å². The van der Waals surface area contributed by atoms with E-state index >= 15 is 0 Å². The number of hydrogen-bond acceptors (Lipinski definition) is 1. The van der Waals surface area contributed by atoms with Gasteiger partial charge in [-0.1, -0.05) is 26.8 Å². The smallest absolute Gasteiger partial charge is 0.155 e. The Morgan fingerprint density at radius 3 is 2.58 bits per heavy atom. The van der Waals surface area contributed by atoms with Gasteiger partial charge in [0, 0.05) is 0 Å². The van der Waals surface area contributed by atoms with Crippen molar-refractivity contribution in [3.63, 3.8) is 0 Å². The van der Waals surface area contributed by atoms with Crippen LogP contribution in [0.1, 0.15) is 40.5 Å². The zero-order valence-corrected chi connectivity index (χ0v) is 8.48. The van der Waals surface area contributed by atoms with Gasteiger partial charge < -0.3 is 0 Å². The molecule has 12 heavy (non-hydrogen) atoms. The molecule has 0 amide bonds. The molecule has 1 aliphatic rings. The van der Waals surface area contributed by atoms with Crippen molar-refractivity contribution < 1.29 is 4.79 Å². The van der Waals surface area contributed by atoms with Gasteiger partial charge in [-0.2, -0.15) is 0 Å².